The minimum absolute atomic E-state index is 0.0107. The van der Waals surface area contributed by atoms with Crippen molar-refractivity contribution in [2.45, 2.75) is 98.7 Å². The summed E-state index contributed by atoms with van der Waals surface area (Å²) in [5.41, 5.74) is 10.3. The molecule has 8 aromatic carbocycles. The second kappa shape index (κ2) is 42.1. The average Bonchev–Trinajstić information content (AvgIpc) is 0.763. The van der Waals surface area contributed by atoms with E-state index < -0.39 is 75.8 Å². The number of nitrogens with one attached hydrogen (secondary N) is 2. The van der Waals surface area contributed by atoms with Crippen LogP contribution in [0.25, 0.3) is 0 Å². The number of para-hydroxylation sites is 4. The molecular formula is C88H112ClN16O24S5+. The van der Waals surface area contributed by atoms with E-state index in [9.17, 15) is 76.7 Å². The van der Waals surface area contributed by atoms with Gasteiger partial charge in [0.2, 0.25) is 15.8 Å². The van der Waals surface area contributed by atoms with Crippen LogP contribution in [0, 0.1) is 20.2 Å². The SMILES string of the molecule is CC(C)(C)OC(=O)N1CCN(c2cccc3c2OCCN3S(=O)(=O)c2cccc(N)c2)CC1.CC(C)(C)OC(=O)N1CCN(c2cccc3c2OCCN3S(=O)(=O)c2cccc([N+](=O)[O-])c2)CC1.CC(C)(C)OC(=O)N1CCN(c2cccc3c2OCC[NH2+]3)CC1.CS(=O)(=O)Nc1cccc(S(=O)(=O)N2CCOc3c(N4CCNCC4)cccc32)c1.O=[N+]([O-])c1cccc(S(=O)(=O)Cl)c1. The van der Waals surface area contributed by atoms with Crippen LogP contribution >= 0.6 is 10.7 Å². The topological polar surface area (TPSA) is 472 Å². The summed E-state index contributed by atoms with van der Waals surface area (Å²) >= 11 is 0. The van der Waals surface area contributed by atoms with Crippen molar-refractivity contribution in [2.24, 2.45) is 0 Å². The van der Waals surface area contributed by atoms with Gasteiger partial charge in [-0.25, -0.2) is 56.5 Å². The highest BCUT2D eigenvalue weighted by Gasteiger charge is 2.40. The quantitative estimate of drug-likeness (QED) is 0.0244. The zero-order valence-electron chi connectivity index (χ0n) is 75.9. The number of carbonyl (C=O) groups excluding carboxylic acids is 3. The van der Waals surface area contributed by atoms with Crippen LogP contribution in [0.4, 0.5) is 82.6 Å². The Bertz CT molecular complexity index is 6220. The molecule has 8 heterocycles. The third kappa shape index (κ3) is 25.6. The van der Waals surface area contributed by atoms with Crippen molar-refractivity contribution < 1.29 is 105 Å². The third-order valence-electron chi connectivity index (χ3n) is 21.5. The van der Waals surface area contributed by atoms with E-state index in [1.54, 1.807) is 57.2 Å². The van der Waals surface area contributed by atoms with Crippen LogP contribution in [0.2, 0.25) is 0 Å². The summed E-state index contributed by atoms with van der Waals surface area (Å²) in [6, 6.07) is 44.1. The number of nitrogen functional groups attached to an aromatic ring is 1. The van der Waals surface area contributed by atoms with Gasteiger partial charge in [0.05, 0.1) is 95.1 Å². The van der Waals surface area contributed by atoms with Crippen LogP contribution in [-0.2, 0) is 63.4 Å². The van der Waals surface area contributed by atoms with Gasteiger partial charge in [0.1, 0.15) is 49.8 Å². The zero-order chi connectivity index (χ0) is 97.0. The van der Waals surface area contributed by atoms with E-state index in [-0.39, 0.29) is 94.4 Å². The number of benzene rings is 8. The van der Waals surface area contributed by atoms with Crippen molar-refractivity contribution in [2.75, 3.05) is 207 Å². The molecule has 0 aliphatic carbocycles. The molecule has 8 aliphatic rings. The first-order valence-corrected chi connectivity index (χ1v) is 51.6. The lowest BCUT2D eigenvalue weighted by Gasteiger charge is -2.39. The summed E-state index contributed by atoms with van der Waals surface area (Å²) in [6.07, 6.45) is 0.103. The maximum absolute atomic E-state index is 13.4. The smallest absolute Gasteiger partial charge is 0.410 e. The van der Waals surface area contributed by atoms with E-state index in [2.05, 4.69) is 48.3 Å². The molecule has 0 aromatic heterocycles. The summed E-state index contributed by atoms with van der Waals surface area (Å²) in [7, 11) is -14.2. The van der Waals surface area contributed by atoms with Crippen molar-refractivity contribution in [1.29, 1.82) is 0 Å². The molecule has 0 unspecified atom stereocenters. The number of anilines is 9. The molecule has 0 radical (unpaired) electrons. The lowest BCUT2D eigenvalue weighted by atomic mass is 10.2. The van der Waals surface area contributed by atoms with E-state index in [4.69, 9.17) is 49.6 Å². The van der Waals surface area contributed by atoms with Gasteiger partial charge in [-0.15, -0.1) is 0 Å². The number of piperazine rings is 4. The number of nitro benzene ring substituents is 2. The molecule has 0 saturated carbocycles. The Labute approximate surface area is 784 Å². The van der Waals surface area contributed by atoms with Crippen LogP contribution < -0.4 is 72.6 Å². The number of hydrogen-bond acceptors (Lipinski definition) is 30. The molecule has 46 heteroatoms. The van der Waals surface area contributed by atoms with Gasteiger partial charge in [-0.1, -0.05) is 48.5 Å². The van der Waals surface area contributed by atoms with Gasteiger partial charge < -0.3 is 83.8 Å². The summed E-state index contributed by atoms with van der Waals surface area (Å²) < 4.78 is 171. The molecule has 134 heavy (non-hydrogen) atoms. The number of ether oxygens (including phenoxy) is 7. The molecule has 724 valence electrons. The van der Waals surface area contributed by atoms with E-state index in [0.29, 0.717) is 105 Å². The molecule has 8 aliphatic heterocycles. The van der Waals surface area contributed by atoms with E-state index >= 15 is 0 Å². The highest BCUT2D eigenvalue weighted by molar-refractivity contribution is 8.13. The number of amides is 3. The van der Waals surface area contributed by atoms with Gasteiger partial charge >= 0.3 is 18.3 Å². The van der Waals surface area contributed by atoms with Gasteiger partial charge in [0.15, 0.2) is 22.9 Å². The number of quaternary nitrogens is 1. The molecule has 0 bridgehead atoms. The Hall–Kier alpha value is -12.3. The van der Waals surface area contributed by atoms with Gasteiger partial charge in [-0.2, -0.15) is 0 Å². The normalized spacial score (nSPS) is 16.5. The minimum atomic E-state index is -4.06. The highest BCUT2D eigenvalue weighted by Crippen LogP contribution is 2.47. The van der Waals surface area contributed by atoms with E-state index in [1.807, 2.05) is 97.5 Å². The van der Waals surface area contributed by atoms with Crippen molar-refractivity contribution in [1.82, 2.24) is 20.0 Å². The molecule has 0 atom stereocenters. The molecule has 8 aromatic rings. The fraction of sp³-hybridized carbons (Fsp3) is 0.420. The number of non-ortho nitro benzene ring substituents is 2. The van der Waals surface area contributed by atoms with E-state index in [0.717, 1.165) is 99.3 Å². The van der Waals surface area contributed by atoms with Crippen LogP contribution in [0.5, 0.6) is 23.0 Å². The predicted octanol–water partition coefficient (Wildman–Crippen LogP) is 10.1. The molecule has 40 nitrogen and oxygen atoms in total. The lowest BCUT2D eigenvalue weighted by Crippen LogP contribution is -2.80. The van der Waals surface area contributed by atoms with Crippen molar-refractivity contribution in [3.8, 4) is 23.0 Å². The maximum atomic E-state index is 13.4. The fourth-order valence-corrected chi connectivity index (χ4v) is 21.2. The summed E-state index contributed by atoms with van der Waals surface area (Å²) in [4.78, 5) is 70.5. The first-order chi connectivity index (χ1) is 63.1. The number of nitrogens with zero attached hydrogens (tertiary/aromatic N) is 12. The van der Waals surface area contributed by atoms with Crippen molar-refractivity contribution >= 4 is 146 Å². The van der Waals surface area contributed by atoms with E-state index in [1.165, 1.54) is 85.3 Å². The molecule has 16 rings (SSSR count). The van der Waals surface area contributed by atoms with Crippen molar-refractivity contribution in [3.63, 3.8) is 0 Å². The van der Waals surface area contributed by atoms with Crippen LogP contribution in [0.15, 0.2) is 189 Å². The standard InChI is InChI=1S/C23H28N4O7S.C23H30N4O5S.C19H24N4O5S2.C17H25N3O3.C6H4ClNO4S/c1-23(2,3)34-22(28)25-12-10-24(11-13-25)19-8-5-9-20-21(19)33-15-14-26(20)35(31,32)18-7-4-6-17(16-18)27(29)30;1-23(2,3)32-22(28)26-12-10-25(11-13-26)19-8-5-9-20-21(19)31-15-14-27(20)33(29,30)18-7-4-6-17(24)16-18;1-29(24,25)21-15-4-2-5-16(14-15)30(26,27)23-12-13-28-19-17(6-3-7-18(19)23)22-10-8-20-9-11-22;1-17(2,3)23-16(21)20-10-8-19(9-11-20)14-6-4-5-13-15(14)22-12-7-18-13;7-13(11,12)6-3-1-2-5(4-6)8(9)10/h4-9,16H,10-15H2,1-3H3;4-9,16H,10-15,24H2,1-3H3;2-7,14,20-21H,8-13H2,1H3;4-6,18H,7-12H2,1-3H3;1-4H/p+1. The molecule has 6 N–H and O–H groups in total. The van der Waals surface area contributed by atoms with Gasteiger partial charge in [-0.3, -0.25) is 37.9 Å². The number of nitrogens with two attached hydrogens (primary N) is 2. The Morgan fingerprint density at radius 3 is 1.08 bits per heavy atom. The first kappa shape index (κ1) is 101. The summed E-state index contributed by atoms with van der Waals surface area (Å²) in [6.45, 7) is 29.8. The van der Waals surface area contributed by atoms with Crippen LogP contribution in [-0.4, -0.2) is 265 Å². The largest absolute Gasteiger partial charge is 0.487 e. The van der Waals surface area contributed by atoms with Gasteiger partial charge in [0.25, 0.3) is 50.5 Å². The summed E-state index contributed by atoms with van der Waals surface area (Å²) in [5.74, 6) is 2.49. The molecule has 4 saturated heterocycles. The number of hydrogen-bond donors (Lipinski definition) is 4. The number of halogens is 1. The minimum Gasteiger partial charge on any atom is -0.487 e. The fourth-order valence-electron chi connectivity index (χ4n) is 15.4. The maximum Gasteiger partial charge on any atom is 0.410 e. The number of carbonyl (C=O) groups is 3. The Balaban J connectivity index is 0.000000155. The second-order valence-electron chi connectivity index (χ2n) is 34.7. The second-order valence-corrected chi connectivity index (χ2v) is 44.6. The van der Waals surface area contributed by atoms with Gasteiger partial charge in [0, 0.05) is 157 Å². The molecular weight excluding hydrogens is 1860 g/mol. The Morgan fingerprint density at radius 1 is 0.403 bits per heavy atom. The number of fused-ring (bicyclic) bond motifs is 4. The highest BCUT2D eigenvalue weighted by atomic mass is 35.7. The van der Waals surface area contributed by atoms with Gasteiger partial charge in [-0.05, 0) is 153 Å². The number of nitro groups is 2. The average molecular weight is 1970 g/mol. The van der Waals surface area contributed by atoms with Crippen LogP contribution in [0.1, 0.15) is 62.3 Å². The Morgan fingerprint density at radius 2 is 0.716 bits per heavy atom. The lowest BCUT2D eigenvalue weighted by molar-refractivity contribution is -0.579. The Kier molecular flexibility index (Phi) is 31.6. The van der Waals surface area contributed by atoms with Crippen molar-refractivity contribution in [3.05, 3.63) is 190 Å². The molecule has 4 fully saturated rings. The number of sulfonamides is 4. The molecule has 3 amide bonds. The molecule has 0 spiro atoms. The number of rotatable bonds is 15. The van der Waals surface area contributed by atoms with Crippen LogP contribution in [0.3, 0.4) is 0 Å². The third-order valence-corrected chi connectivity index (χ3v) is 28.9. The summed E-state index contributed by atoms with van der Waals surface area (Å²) in [5, 5.41) is 26.9. The predicted molar refractivity (Wildman–Crippen MR) is 508 cm³/mol. The monoisotopic (exact) mass is 1970 g/mol. The first-order valence-electron chi connectivity index (χ1n) is 43.1. The zero-order valence-corrected chi connectivity index (χ0v) is 80.7.